The second-order valence-electron chi connectivity index (χ2n) is 4.16. The van der Waals surface area contributed by atoms with Crippen molar-refractivity contribution >= 4 is 15.9 Å². The van der Waals surface area contributed by atoms with Gasteiger partial charge in [-0.15, -0.1) is 0 Å². The minimum absolute atomic E-state index is 0.187. The molecular formula is C11H13BrFN. The minimum atomic E-state index is -0.301. The highest BCUT2D eigenvalue weighted by atomic mass is 79.9. The van der Waals surface area contributed by atoms with E-state index >= 15 is 0 Å². The van der Waals surface area contributed by atoms with Gasteiger partial charge in [-0.25, -0.2) is 4.98 Å². The van der Waals surface area contributed by atoms with Crippen molar-refractivity contribution in [3.8, 4) is 0 Å². The molecule has 0 unspecified atom stereocenters. The highest BCUT2D eigenvalue weighted by molar-refractivity contribution is 9.10. The van der Waals surface area contributed by atoms with Crippen molar-refractivity contribution in [3.63, 3.8) is 0 Å². The van der Waals surface area contributed by atoms with Gasteiger partial charge in [0.2, 0.25) is 5.95 Å². The summed E-state index contributed by atoms with van der Waals surface area (Å²) < 4.78 is 14.5. The summed E-state index contributed by atoms with van der Waals surface area (Å²) >= 11 is 3.46. The standard InChI is InChI=1S/C11H13BrFN/c1-6(2)8-5-9(12)10(7-3-4-7)14-11(8)13/h5-7H,3-4H2,1-2H3. The molecule has 0 spiro atoms. The number of rotatable bonds is 2. The molecule has 0 atom stereocenters. The lowest BCUT2D eigenvalue weighted by atomic mass is 10.0. The van der Waals surface area contributed by atoms with Crippen LogP contribution in [0.3, 0.4) is 0 Å². The second-order valence-corrected chi connectivity index (χ2v) is 5.02. The van der Waals surface area contributed by atoms with E-state index in [1.165, 1.54) is 0 Å². The normalized spacial score (nSPS) is 16.4. The van der Waals surface area contributed by atoms with Gasteiger partial charge >= 0.3 is 0 Å². The monoisotopic (exact) mass is 257 g/mol. The van der Waals surface area contributed by atoms with E-state index in [1.54, 1.807) is 0 Å². The smallest absolute Gasteiger partial charge is 0.216 e. The van der Waals surface area contributed by atoms with Gasteiger partial charge in [-0.3, -0.25) is 0 Å². The van der Waals surface area contributed by atoms with E-state index < -0.39 is 0 Å². The number of hydrogen-bond donors (Lipinski definition) is 0. The van der Waals surface area contributed by atoms with Gasteiger partial charge in [-0.05, 0) is 40.8 Å². The minimum Gasteiger partial charge on any atom is -0.223 e. The Morgan fingerprint density at radius 3 is 2.64 bits per heavy atom. The molecule has 1 nitrogen and oxygen atoms in total. The fourth-order valence-electron chi connectivity index (χ4n) is 1.54. The van der Waals surface area contributed by atoms with Gasteiger partial charge in [0.25, 0.3) is 0 Å². The number of halogens is 2. The van der Waals surface area contributed by atoms with Crippen molar-refractivity contribution in [1.29, 1.82) is 0 Å². The summed E-state index contributed by atoms with van der Waals surface area (Å²) in [7, 11) is 0. The summed E-state index contributed by atoms with van der Waals surface area (Å²) in [6.07, 6.45) is 2.29. The van der Waals surface area contributed by atoms with Crippen molar-refractivity contribution in [1.82, 2.24) is 4.98 Å². The zero-order valence-electron chi connectivity index (χ0n) is 8.35. The van der Waals surface area contributed by atoms with Crippen LogP contribution in [0.15, 0.2) is 10.5 Å². The van der Waals surface area contributed by atoms with Gasteiger partial charge in [0.1, 0.15) is 0 Å². The fourth-order valence-corrected chi connectivity index (χ4v) is 2.20. The van der Waals surface area contributed by atoms with Gasteiger partial charge in [-0.1, -0.05) is 13.8 Å². The Balaban J connectivity index is 2.43. The summed E-state index contributed by atoms with van der Waals surface area (Å²) in [5, 5.41) is 0. The van der Waals surface area contributed by atoms with E-state index in [2.05, 4.69) is 20.9 Å². The molecule has 0 saturated heterocycles. The molecule has 2 rings (SSSR count). The van der Waals surface area contributed by atoms with Gasteiger partial charge in [-0.2, -0.15) is 4.39 Å². The van der Waals surface area contributed by atoms with Crippen LogP contribution >= 0.6 is 15.9 Å². The van der Waals surface area contributed by atoms with E-state index in [-0.39, 0.29) is 11.9 Å². The number of hydrogen-bond acceptors (Lipinski definition) is 1. The number of aromatic nitrogens is 1. The third-order valence-corrected chi connectivity index (χ3v) is 3.20. The first kappa shape index (κ1) is 10.1. The Kier molecular flexibility index (Phi) is 2.60. The molecule has 1 aromatic heterocycles. The van der Waals surface area contributed by atoms with Crippen LogP contribution in [-0.4, -0.2) is 4.98 Å². The lowest BCUT2D eigenvalue weighted by Crippen LogP contribution is -2.00. The van der Waals surface area contributed by atoms with Crippen molar-refractivity contribution in [2.75, 3.05) is 0 Å². The summed E-state index contributed by atoms with van der Waals surface area (Å²) in [6.45, 7) is 3.95. The first-order chi connectivity index (χ1) is 6.59. The molecule has 0 aliphatic heterocycles. The average Bonchev–Trinajstić information content (AvgIpc) is 2.91. The molecule has 14 heavy (non-hydrogen) atoms. The Bertz CT molecular complexity index is 331. The molecule has 3 heteroatoms. The van der Waals surface area contributed by atoms with E-state index in [1.807, 2.05) is 19.9 Å². The molecule has 1 saturated carbocycles. The molecule has 1 aliphatic rings. The van der Waals surface area contributed by atoms with Crippen LogP contribution in [0.5, 0.6) is 0 Å². The molecule has 0 radical (unpaired) electrons. The summed E-state index contributed by atoms with van der Waals surface area (Å²) in [6, 6.07) is 1.88. The predicted octanol–water partition coefficient (Wildman–Crippen LogP) is 3.98. The molecule has 0 bridgehead atoms. The lowest BCUT2D eigenvalue weighted by molar-refractivity contribution is 0.549. The maximum Gasteiger partial charge on any atom is 0.216 e. The zero-order chi connectivity index (χ0) is 10.3. The molecule has 0 amide bonds. The van der Waals surface area contributed by atoms with E-state index in [4.69, 9.17) is 0 Å². The SMILES string of the molecule is CC(C)c1cc(Br)c(C2CC2)nc1F. The van der Waals surface area contributed by atoms with Gasteiger partial charge in [0.15, 0.2) is 0 Å². The molecule has 1 aliphatic carbocycles. The maximum absolute atomic E-state index is 13.5. The quantitative estimate of drug-likeness (QED) is 0.731. The predicted molar refractivity (Wildman–Crippen MR) is 58.0 cm³/mol. The summed E-state index contributed by atoms with van der Waals surface area (Å²) in [4.78, 5) is 4.04. The Hall–Kier alpha value is -0.440. The average molecular weight is 258 g/mol. The summed E-state index contributed by atoms with van der Waals surface area (Å²) in [5.41, 5.74) is 1.59. The Morgan fingerprint density at radius 1 is 1.50 bits per heavy atom. The Morgan fingerprint density at radius 2 is 2.14 bits per heavy atom. The van der Waals surface area contributed by atoms with Crippen molar-refractivity contribution in [2.24, 2.45) is 0 Å². The number of pyridine rings is 1. The van der Waals surface area contributed by atoms with Crippen molar-refractivity contribution < 1.29 is 4.39 Å². The topological polar surface area (TPSA) is 12.9 Å². The molecule has 1 heterocycles. The van der Waals surface area contributed by atoms with Crippen LogP contribution in [0.25, 0.3) is 0 Å². The van der Waals surface area contributed by atoms with Crippen LogP contribution in [0.2, 0.25) is 0 Å². The van der Waals surface area contributed by atoms with E-state index in [0.717, 1.165) is 23.0 Å². The van der Waals surface area contributed by atoms with Gasteiger partial charge in [0, 0.05) is 16.0 Å². The molecule has 76 valence electrons. The molecular weight excluding hydrogens is 245 g/mol. The van der Waals surface area contributed by atoms with Crippen LogP contribution in [0, 0.1) is 5.95 Å². The first-order valence-corrected chi connectivity index (χ1v) is 5.74. The Labute approximate surface area is 91.9 Å². The highest BCUT2D eigenvalue weighted by Crippen LogP contribution is 2.42. The van der Waals surface area contributed by atoms with E-state index in [9.17, 15) is 4.39 Å². The molecule has 1 aromatic rings. The second kappa shape index (κ2) is 3.61. The first-order valence-electron chi connectivity index (χ1n) is 4.95. The maximum atomic E-state index is 13.5. The fraction of sp³-hybridized carbons (Fsp3) is 0.545. The van der Waals surface area contributed by atoms with Crippen LogP contribution in [-0.2, 0) is 0 Å². The zero-order valence-corrected chi connectivity index (χ0v) is 9.94. The van der Waals surface area contributed by atoms with Gasteiger partial charge < -0.3 is 0 Å². The molecule has 1 fully saturated rings. The summed E-state index contributed by atoms with van der Waals surface area (Å²) in [5.74, 6) is 0.372. The van der Waals surface area contributed by atoms with Crippen LogP contribution in [0.1, 0.15) is 49.8 Å². The largest absolute Gasteiger partial charge is 0.223 e. The van der Waals surface area contributed by atoms with Gasteiger partial charge in [0.05, 0.1) is 5.69 Å². The molecule has 0 aromatic carbocycles. The number of nitrogens with zero attached hydrogens (tertiary/aromatic N) is 1. The van der Waals surface area contributed by atoms with Crippen molar-refractivity contribution in [3.05, 3.63) is 27.7 Å². The van der Waals surface area contributed by atoms with Crippen LogP contribution in [0.4, 0.5) is 4.39 Å². The highest BCUT2D eigenvalue weighted by Gasteiger charge is 2.28. The van der Waals surface area contributed by atoms with Crippen LogP contribution < -0.4 is 0 Å². The molecule has 0 N–H and O–H groups in total. The third kappa shape index (κ3) is 1.83. The van der Waals surface area contributed by atoms with Crippen molar-refractivity contribution in [2.45, 2.75) is 38.5 Å². The lowest BCUT2D eigenvalue weighted by Gasteiger charge is -2.09. The third-order valence-electron chi connectivity index (χ3n) is 2.57. The van der Waals surface area contributed by atoms with E-state index in [0.29, 0.717) is 11.5 Å².